The topological polar surface area (TPSA) is 50.7 Å². The second-order valence-electron chi connectivity index (χ2n) is 7.57. The highest BCUT2D eigenvalue weighted by Gasteiger charge is 2.25. The Hall–Kier alpha value is -2.34. The van der Waals surface area contributed by atoms with E-state index in [1.165, 1.54) is 24.0 Å². The average molecular weight is 385 g/mol. The summed E-state index contributed by atoms with van der Waals surface area (Å²) in [6.45, 7) is 7.26. The molecule has 0 saturated carbocycles. The van der Waals surface area contributed by atoms with Crippen LogP contribution in [0.5, 0.6) is 11.5 Å². The minimum atomic E-state index is 0.531. The Morgan fingerprint density at radius 2 is 1.93 bits per heavy atom. The van der Waals surface area contributed by atoms with Crippen LogP contribution in [0.3, 0.4) is 0 Å². The first kappa shape index (κ1) is 20.4. The number of hydrogen-bond donors (Lipinski definition) is 0. The van der Waals surface area contributed by atoms with E-state index < -0.39 is 0 Å². The first-order valence-electron chi connectivity index (χ1n) is 9.97. The molecular formula is C22H32N4O2. The minimum absolute atomic E-state index is 0.531. The van der Waals surface area contributed by atoms with Crippen LogP contribution >= 0.6 is 0 Å². The number of aryl methyl sites for hydroxylation is 1. The fourth-order valence-corrected chi connectivity index (χ4v) is 3.88. The molecule has 28 heavy (non-hydrogen) atoms. The second-order valence-corrected chi connectivity index (χ2v) is 7.57. The van der Waals surface area contributed by atoms with Crippen molar-refractivity contribution in [1.29, 1.82) is 0 Å². The molecule has 0 spiro atoms. The van der Waals surface area contributed by atoms with Crippen molar-refractivity contribution >= 4 is 5.82 Å². The molecule has 6 nitrogen and oxygen atoms in total. The number of likely N-dealkylation sites (N-methyl/N-ethyl adjacent to an activating group) is 1. The highest BCUT2D eigenvalue weighted by Crippen LogP contribution is 2.28. The number of benzene rings is 1. The van der Waals surface area contributed by atoms with Crippen molar-refractivity contribution in [1.82, 2.24) is 14.9 Å². The molecule has 0 bridgehead atoms. The lowest BCUT2D eigenvalue weighted by Crippen LogP contribution is -2.47. The first-order valence-corrected chi connectivity index (χ1v) is 9.97. The molecule has 1 aliphatic rings. The second kappa shape index (κ2) is 9.24. The van der Waals surface area contributed by atoms with E-state index in [4.69, 9.17) is 9.47 Å². The molecule has 6 heteroatoms. The SMILES string of the molecule is COc1ccc(CCN(C)C2CCCN(c3ncnc(C)c3C)C2)cc1OC. The van der Waals surface area contributed by atoms with Crippen LogP contribution in [0.15, 0.2) is 24.5 Å². The maximum Gasteiger partial charge on any atom is 0.160 e. The molecule has 1 aromatic carbocycles. The third-order valence-corrected chi connectivity index (χ3v) is 5.83. The molecule has 1 unspecified atom stereocenters. The Kier molecular flexibility index (Phi) is 6.73. The molecule has 0 aliphatic carbocycles. The summed E-state index contributed by atoms with van der Waals surface area (Å²) in [5, 5.41) is 0. The number of piperidine rings is 1. The number of methoxy groups -OCH3 is 2. The molecule has 0 radical (unpaired) electrons. The van der Waals surface area contributed by atoms with Gasteiger partial charge in [-0.05, 0) is 57.9 Å². The fraction of sp³-hybridized carbons (Fsp3) is 0.545. The molecule has 152 valence electrons. The van der Waals surface area contributed by atoms with Crippen LogP contribution in [-0.2, 0) is 6.42 Å². The predicted octanol–water partition coefficient (Wildman–Crippen LogP) is 3.25. The van der Waals surface area contributed by atoms with Gasteiger partial charge in [0.15, 0.2) is 11.5 Å². The largest absolute Gasteiger partial charge is 0.493 e. The van der Waals surface area contributed by atoms with E-state index in [0.717, 1.165) is 49.1 Å². The molecule has 0 amide bonds. The Balaban J connectivity index is 1.61. The van der Waals surface area contributed by atoms with Gasteiger partial charge in [0.25, 0.3) is 0 Å². The van der Waals surface area contributed by atoms with Crippen molar-refractivity contribution in [2.75, 3.05) is 45.8 Å². The summed E-state index contributed by atoms with van der Waals surface area (Å²) in [7, 11) is 5.58. The molecule has 3 rings (SSSR count). The van der Waals surface area contributed by atoms with Gasteiger partial charge in [0.05, 0.1) is 14.2 Å². The molecule has 1 aliphatic heterocycles. The Labute approximate surface area is 168 Å². The zero-order chi connectivity index (χ0) is 20.1. The van der Waals surface area contributed by atoms with Gasteiger partial charge in [-0.3, -0.25) is 0 Å². The summed E-state index contributed by atoms with van der Waals surface area (Å²) < 4.78 is 10.8. The predicted molar refractivity (Wildman–Crippen MR) is 113 cm³/mol. The fourth-order valence-electron chi connectivity index (χ4n) is 3.88. The summed E-state index contributed by atoms with van der Waals surface area (Å²) >= 11 is 0. The monoisotopic (exact) mass is 384 g/mol. The van der Waals surface area contributed by atoms with Crippen LogP contribution in [0, 0.1) is 13.8 Å². The maximum absolute atomic E-state index is 5.43. The number of anilines is 1. The van der Waals surface area contributed by atoms with Gasteiger partial charge in [0.2, 0.25) is 0 Å². The van der Waals surface area contributed by atoms with E-state index >= 15 is 0 Å². The third kappa shape index (κ3) is 4.55. The number of hydrogen-bond acceptors (Lipinski definition) is 6. The van der Waals surface area contributed by atoms with Gasteiger partial charge >= 0.3 is 0 Å². The van der Waals surface area contributed by atoms with Gasteiger partial charge in [-0.1, -0.05) is 6.07 Å². The standard InChI is InChI=1S/C22H32N4O2/c1-16-17(2)23-15-24-22(16)26-11-6-7-19(14-26)25(3)12-10-18-8-9-20(27-4)21(13-18)28-5/h8-9,13,15,19H,6-7,10-12,14H2,1-5H3. The van der Waals surface area contributed by atoms with Gasteiger partial charge in [0.1, 0.15) is 12.1 Å². The lowest BCUT2D eigenvalue weighted by atomic mass is 10.0. The Bertz CT molecular complexity index is 796. The average Bonchev–Trinajstić information content (AvgIpc) is 2.73. The molecule has 1 fully saturated rings. The van der Waals surface area contributed by atoms with Crippen LogP contribution < -0.4 is 14.4 Å². The van der Waals surface area contributed by atoms with Crippen LogP contribution in [0.1, 0.15) is 29.7 Å². The van der Waals surface area contributed by atoms with Gasteiger partial charge in [-0.15, -0.1) is 0 Å². The summed E-state index contributed by atoms with van der Waals surface area (Å²) in [5.74, 6) is 2.66. The summed E-state index contributed by atoms with van der Waals surface area (Å²) in [5.41, 5.74) is 3.52. The van der Waals surface area contributed by atoms with Gasteiger partial charge in [-0.2, -0.15) is 0 Å². The van der Waals surface area contributed by atoms with Crippen LogP contribution in [0.4, 0.5) is 5.82 Å². The number of rotatable bonds is 7. The molecule has 1 aromatic heterocycles. The number of aromatic nitrogens is 2. The first-order chi connectivity index (χ1) is 13.5. The van der Waals surface area contributed by atoms with E-state index in [1.54, 1.807) is 20.5 Å². The van der Waals surface area contributed by atoms with E-state index in [2.05, 4.69) is 52.8 Å². The summed E-state index contributed by atoms with van der Waals surface area (Å²) in [6, 6.07) is 6.71. The van der Waals surface area contributed by atoms with Crippen molar-refractivity contribution < 1.29 is 9.47 Å². The molecule has 2 aromatic rings. The zero-order valence-corrected chi connectivity index (χ0v) is 17.7. The number of nitrogens with zero attached hydrogens (tertiary/aromatic N) is 4. The Morgan fingerprint density at radius 1 is 1.14 bits per heavy atom. The van der Waals surface area contributed by atoms with Crippen molar-refractivity contribution in [3.8, 4) is 11.5 Å². The molecule has 0 N–H and O–H groups in total. The quantitative estimate of drug-likeness (QED) is 0.730. The van der Waals surface area contributed by atoms with Crippen LogP contribution in [0.2, 0.25) is 0 Å². The van der Waals surface area contributed by atoms with E-state index in [1.807, 2.05) is 6.07 Å². The molecule has 1 saturated heterocycles. The van der Waals surface area contributed by atoms with Crippen molar-refractivity contribution in [3.05, 3.63) is 41.3 Å². The summed E-state index contributed by atoms with van der Waals surface area (Å²) in [6.07, 6.45) is 5.08. The van der Waals surface area contributed by atoms with Crippen molar-refractivity contribution in [2.24, 2.45) is 0 Å². The normalized spacial score (nSPS) is 17.1. The molecule has 1 atom stereocenters. The highest BCUT2D eigenvalue weighted by molar-refractivity contribution is 5.48. The Morgan fingerprint density at radius 3 is 2.68 bits per heavy atom. The van der Waals surface area contributed by atoms with Gasteiger partial charge in [-0.25, -0.2) is 9.97 Å². The van der Waals surface area contributed by atoms with Gasteiger partial charge < -0.3 is 19.3 Å². The third-order valence-electron chi connectivity index (χ3n) is 5.83. The maximum atomic E-state index is 5.43. The molecular weight excluding hydrogens is 352 g/mol. The smallest absolute Gasteiger partial charge is 0.160 e. The molecule has 2 heterocycles. The van der Waals surface area contributed by atoms with Crippen LogP contribution in [0.25, 0.3) is 0 Å². The van der Waals surface area contributed by atoms with Crippen molar-refractivity contribution in [2.45, 2.75) is 39.2 Å². The lowest BCUT2D eigenvalue weighted by molar-refractivity contribution is 0.217. The van der Waals surface area contributed by atoms with E-state index in [-0.39, 0.29) is 0 Å². The highest BCUT2D eigenvalue weighted by atomic mass is 16.5. The zero-order valence-electron chi connectivity index (χ0n) is 17.7. The van der Waals surface area contributed by atoms with Gasteiger partial charge in [0, 0.05) is 36.9 Å². The minimum Gasteiger partial charge on any atom is -0.493 e. The number of ether oxygens (including phenoxy) is 2. The summed E-state index contributed by atoms with van der Waals surface area (Å²) in [4.78, 5) is 13.8. The van der Waals surface area contributed by atoms with E-state index in [9.17, 15) is 0 Å². The lowest BCUT2D eigenvalue weighted by Gasteiger charge is -2.38. The van der Waals surface area contributed by atoms with Crippen molar-refractivity contribution in [3.63, 3.8) is 0 Å². The van der Waals surface area contributed by atoms with Crippen LogP contribution in [-0.4, -0.2) is 61.8 Å². The van der Waals surface area contributed by atoms with E-state index in [0.29, 0.717) is 6.04 Å².